The molecule has 0 aliphatic heterocycles. The molecule has 0 aliphatic carbocycles. The summed E-state index contributed by atoms with van der Waals surface area (Å²) in [6, 6.07) is 14.7. The highest BCUT2D eigenvalue weighted by Crippen LogP contribution is 2.30. The molecule has 0 spiro atoms. The van der Waals surface area contributed by atoms with E-state index in [2.05, 4.69) is 17.2 Å². The minimum atomic E-state index is -0.279. The third kappa shape index (κ3) is 5.57. The van der Waals surface area contributed by atoms with Crippen molar-refractivity contribution in [1.29, 1.82) is 0 Å². The quantitative estimate of drug-likeness (QED) is 0.548. The van der Waals surface area contributed by atoms with E-state index < -0.39 is 0 Å². The fourth-order valence-corrected chi connectivity index (χ4v) is 2.31. The predicted molar refractivity (Wildman–Crippen MR) is 100 cm³/mol. The standard InChI is InChI=1S/C20H24N2O3/c1-4-5-13-25-19-14-17(11-12-18(19)24-3)22-20(23)21-15(2)16-9-7-6-8-10-16/h4,6-12,14-15H,1,5,13H2,2-3H3,(H2,21,22,23)/t15-/m0/s1. The van der Waals surface area contributed by atoms with Gasteiger partial charge in [0, 0.05) is 11.8 Å². The van der Waals surface area contributed by atoms with Gasteiger partial charge in [0.2, 0.25) is 0 Å². The minimum absolute atomic E-state index is 0.0947. The molecule has 2 aromatic carbocycles. The Balaban J connectivity index is 1.99. The van der Waals surface area contributed by atoms with Gasteiger partial charge in [-0.1, -0.05) is 36.4 Å². The molecule has 0 unspecified atom stereocenters. The van der Waals surface area contributed by atoms with Gasteiger partial charge in [-0.3, -0.25) is 0 Å². The van der Waals surface area contributed by atoms with Gasteiger partial charge in [-0.05, 0) is 31.0 Å². The molecule has 0 fully saturated rings. The van der Waals surface area contributed by atoms with E-state index in [1.807, 2.05) is 37.3 Å². The Kier molecular flexibility index (Phi) is 6.89. The Morgan fingerprint density at radius 2 is 1.96 bits per heavy atom. The van der Waals surface area contributed by atoms with E-state index in [0.29, 0.717) is 23.8 Å². The molecule has 1 atom stereocenters. The molecule has 2 rings (SSSR count). The van der Waals surface area contributed by atoms with Gasteiger partial charge in [-0.15, -0.1) is 6.58 Å². The van der Waals surface area contributed by atoms with E-state index in [1.54, 1.807) is 31.4 Å². The van der Waals surface area contributed by atoms with E-state index in [9.17, 15) is 4.79 Å². The minimum Gasteiger partial charge on any atom is -0.493 e. The maximum atomic E-state index is 12.2. The summed E-state index contributed by atoms with van der Waals surface area (Å²) in [6.45, 7) is 6.11. The van der Waals surface area contributed by atoms with Crippen LogP contribution in [-0.2, 0) is 0 Å². The molecule has 5 heteroatoms. The zero-order chi connectivity index (χ0) is 18.1. The van der Waals surface area contributed by atoms with Gasteiger partial charge in [0.05, 0.1) is 19.8 Å². The summed E-state index contributed by atoms with van der Waals surface area (Å²) < 4.78 is 11.0. The Bertz CT molecular complexity index is 701. The number of carbonyl (C=O) groups is 1. The van der Waals surface area contributed by atoms with Gasteiger partial charge in [0.1, 0.15) is 0 Å². The summed E-state index contributed by atoms with van der Waals surface area (Å²) in [5.74, 6) is 1.20. The molecule has 0 radical (unpaired) electrons. The van der Waals surface area contributed by atoms with Crippen LogP contribution in [0.1, 0.15) is 24.9 Å². The molecule has 25 heavy (non-hydrogen) atoms. The lowest BCUT2D eigenvalue weighted by atomic mass is 10.1. The predicted octanol–water partition coefficient (Wildman–Crippen LogP) is 4.53. The average molecular weight is 340 g/mol. The fourth-order valence-electron chi connectivity index (χ4n) is 2.31. The summed E-state index contributed by atoms with van der Waals surface area (Å²) in [4.78, 5) is 12.2. The topological polar surface area (TPSA) is 59.6 Å². The van der Waals surface area contributed by atoms with Crippen LogP contribution in [0.2, 0.25) is 0 Å². The van der Waals surface area contributed by atoms with Gasteiger partial charge in [-0.2, -0.15) is 0 Å². The second-order valence-corrected chi connectivity index (χ2v) is 5.52. The molecule has 2 amide bonds. The first kappa shape index (κ1) is 18.4. The van der Waals surface area contributed by atoms with Gasteiger partial charge >= 0.3 is 6.03 Å². The summed E-state index contributed by atoms with van der Waals surface area (Å²) >= 11 is 0. The third-order valence-corrected chi connectivity index (χ3v) is 3.65. The molecule has 0 saturated heterocycles. The SMILES string of the molecule is C=CCCOc1cc(NC(=O)N[C@@H](C)c2ccccc2)ccc1OC. The van der Waals surface area contributed by atoms with Crippen LogP contribution in [0.4, 0.5) is 10.5 Å². The second kappa shape index (κ2) is 9.37. The summed E-state index contributed by atoms with van der Waals surface area (Å²) in [7, 11) is 1.58. The largest absolute Gasteiger partial charge is 0.493 e. The van der Waals surface area contributed by atoms with Crippen molar-refractivity contribution in [2.75, 3.05) is 19.0 Å². The second-order valence-electron chi connectivity index (χ2n) is 5.52. The first-order valence-corrected chi connectivity index (χ1v) is 8.18. The van der Waals surface area contributed by atoms with Crippen molar-refractivity contribution in [3.05, 3.63) is 66.7 Å². The molecule has 2 N–H and O–H groups in total. The van der Waals surface area contributed by atoms with E-state index in [0.717, 1.165) is 12.0 Å². The van der Waals surface area contributed by atoms with Gasteiger partial charge < -0.3 is 20.1 Å². The number of ether oxygens (including phenoxy) is 2. The summed E-state index contributed by atoms with van der Waals surface area (Å²) in [6.07, 6.45) is 2.52. The van der Waals surface area contributed by atoms with Crippen molar-refractivity contribution in [3.63, 3.8) is 0 Å². The number of hydrogen-bond acceptors (Lipinski definition) is 3. The number of benzene rings is 2. The van der Waals surface area contributed by atoms with Crippen molar-refractivity contribution in [2.45, 2.75) is 19.4 Å². The molecule has 0 aromatic heterocycles. The number of methoxy groups -OCH3 is 1. The maximum Gasteiger partial charge on any atom is 0.319 e. The highest BCUT2D eigenvalue weighted by Gasteiger charge is 2.11. The first-order valence-electron chi connectivity index (χ1n) is 8.18. The van der Waals surface area contributed by atoms with Crippen LogP contribution >= 0.6 is 0 Å². The number of carbonyl (C=O) groups excluding carboxylic acids is 1. The van der Waals surface area contributed by atoms with E-state index in [4.69, 9.17) is 9.47 Å². The normalized spacial score (nSPS) is 11.3. The Morgan fingerprint density at radius 1 is 1.20 bits per heavy atom. The molecular formula is C20H24N2O3. The number of nitrogens with one attached hydrogen (secondary N) is 2. The fraction of sp³-hybridized carbons (Fsp3) is 0.250. The third-order valence-electron chi connectivity index (χ3n) is 3.65. The van der Waals surface area contributed by atoms with Crippen molar-refractivity contribution in [1.82, 2.24) is 5.32 Å². The average Bonchev–Trinajstić information content (AvgIpc) is 2.63. The van der Waals surface area contributed by atoms with Crippen LogP contribution in [0.15, 0.2) is 61.2 Å². The zero-order valence-corrected chi connectivity index (χ0v) is 14.6. The number of urea groups is 1. The van der Waals surface area contributed by atoms with E-state index in [-0.39, 0.29) is 12.1 Å². The molecule has 0 bridgehead atoms. The van der Waals surface area contributed by atoms with Crippen molar-refractivity contribution in [2.24, 2.45) is 0 Å². The van der Waals surface area contributed by atoms with Crippen LogP contribution in [0, 0.1) is 0 Å². The van der Waals surface area contributed by atoms with Crippen LogP contribution < -0.4 is 20.1 Å². The van der Waals surface area contributed by atoms with Crippen molar-refractivity contribution >= 4 is 11.7 Å². The maximum absolute atomic E-state index is 12.2. The number of hydrogen-bond donors (Lipinski definition) is 2. The molecular weight excluding hydrogens is 316 g/mol. The number of anilines is 1. The first-order chi connectivity index (χ1) is 12.1. The molecule has 0 saturated carbocycles. The zero-order valence-electron chi connectivity index (χ0n) is 14.6. The van der Waals surface area contributed by atoms with Crippen LogP contribution in [0.25, 0.3) is 0 Å². The monoisotopic (exact) mass is 340 g/mol. The lowest BCUT2D eigenvalue weighted by Crippen LogP contribution is -2.31. The number of amides is 2. The Morgan fingerprint density at radius 3 is 2.64 bits per heavy atom. The van der Waals surface area contributed by atoms with Gasteiger partial charge in [0.15, 0.2) is 11.5 Å². The molecule has 5 nitrogen and oxygen atoms in total. The lowest BCUT2D eigenvalue weighted by molar-refractivity contribution is 0.249. The summed E-state index contributed by atoms with van der Waals surface area (Å²) in [5, 5.41) is 5.73. The van der Waals surface area contributed by atoms with Crippen molar-refractivity contribution < 1.29 is 14.3 Å². The highest BCUT2D eigenvalue weighted by atomic mass is 16.5. The smallest absolute Gasteiger partial charge is 0.319 e. The van der Waals surface area contributed by atoms with Gasteiger partial charge in [-0.25, -0.2) is 4.79 Å². The Labute approximate surface area is 148 Å². The van der Waals surface area contributed by atoms with Crippen LogP contribution in [0.5, 0.6) is 11.5 Å². The van der Waals surface area contributed by atoms with E-state index >= 15 is 0 Å². The number of rotatable bonds is 8. The van der Waals surface area contributed by atoms with E-state index in [1.165, 1.54) is 0 Å². The molecule has 0 aliphatic rings. The molecule has 132 valence electrons. The summed E-state index contributed by atoms with van der Waals surface area (Å²) in [5.41, 5.74) is 1.67. The molecule has 2 aromatic rings. The molecule has 0 heterocycles. The van der Waals surface area contributed by atoms with Crippen LogP contribution in [-0.4, -0.2) is 19.7 Å². The Hall–Kier alpha value is -2.95. The highest BCUT2D eigenvalue weighted by molar-refractivity contribution is 5.89. The van der Waals surface area contributed by atoms with Gasteiger partial charge in [0.25, 0.3) is 0 Å². The lowest BCUT2D eigenvalue weighted by Gasteiger charge is -2.16. The van der Waals surface area contributed by atoms with Crippen molar-refractivity contribution in [3.8, 4) is 11.5 Å². The van der Waals surface area contributed by atoms with Crippen LogP contribution in [0.3, 0.4) is 0 Å².